The monoisotopic (exact) mass is 265 g/mol. The van der Waals surface area contributed by atoms with E-state index in [0.29, 0.717) is 19.5 Å². The average Bonchev–Trinajstić information content (AvgIpc) is 2.69. The van der Waals surface area contributed by atoms with Gasteiger partial charge in [0.05, 0.1) is 6.10 Å². The standard InChI is InChI=1S/C12H19N5O2/c1-16(2)6-8-5-9(18)7-17(8)12(19)10-3-4-11(13)15-14-10/h3-4,8-9,18H,5-7H2,1-2H3,(H2,13,15). The molecule has 2 atom stereocenters. The first kappa shape index (κ1) is 13.7. The maximum Gasteiger partial charge on any atom is 0.274 e. The molecular weight excluding hydrogens is 246 g/mol. The number of nitrogen functional groups attached to an aromatic ring is 1. The molecular formula is C12H19N5O2. The molecule has 104 valence electrons. The summed E-state index contributed by atoms with van der Waals surface area (Å²) in [5.41, 5.74) is 5.71. The van der Waals surface area contributed by atoms with Crippen LogP contribution in [0, 0.1) is 0 Å². The number of likely N-dealkylation sites (N-methyl/N-ethyl adjacent to an activating group) is 1. The second-order valence-corrected chi connectivity index (χ2v) is 5.11. The number of nitrogens with zero attached hydrogens (tertiary/aromatic N) is 4. The minimum absolute atomic E-state index is 0.00291. The van der Waals surface area contributed by atoms with E-state index in [1.165, 1.54) is 0 Å². The van der Waals surface area contributed by atoms with Crippen LogP contribution in [0.25, 0.3) is 0 Å². The Hall–Kier alpha value is -1.73. The number of β-amino-alcohol motifs (C(OH)–C–C–N with tert-alkyl or cyclic N) is 1. The molecule has 1 aromatic rings. The molecule has 1 aliphatic rings. The highest BCUT2D eigenvalue weighted by Crippen LogP contribution is 2.20. The normalized spacial score (nSPS) is 23.1. The fourth-order valence-corrected chi connectivity index (χ4v) is 2.34. The van der Waals surface area contributed by atoms with Crippen LogP contribution in [0.5, 0.6) is 0 Å². The van der Waals surface area contributed by atoms with Crippen LogP contribution < -0.4 is 5.73 Å². The van der Waals surface area contributed by atoms with E-state index in [1.54, 1.807) is 17.0 Å². The van der Waals surface area contributed by atoms with Gasteiger partial charge in [-0.3, -0.25) is 4.79 Å². The zero-order valence-electron chi connectivity index (χ0n) is 11.2. The SMILES string of the molecule is CN(C)CC1CC(O)CN1C(=O)c1ccc(N)nn1. The molecule has 2 heterocycles. The third kappa shape index (κ3) is 3.18. The lowest BCUT2D eigenvalue weighted by atomic mass is 10.2. The van der Waals surface area contributed by atoms with Crippen molar-refractivity contribution in [1.29, 1.82) is 0 Å². The molecule has 0 aromatic carbocycles. The lowest BCUT2D eigenvalue weighted by Gasteiger charge is -2.26. The quantitative estimate of drug-likeness (QED) is 0.742. The number of carbonyl (C=O) groups excluding carboxylic acids is 1. The fourth-order valence-electron chi connectivity index (χ4n) is 2.34. The van der Waals surface area contributed by atoms with Gasteiger partial charge in [0.25, 0.3) is 5.91 Å². The molecule has 0 spiro atoms. The lowest BCUT2D eigenvalue weighted by molar-refractivity contribution is 0.0692. The number of aliphatic hydroxyl groups excluding tert-OH is 1. The molecule has 0 aliphatic carbocycles. The predicted molar refractivity (Wildman–Crippen MR) is 70.4 cm³/mol. The smallest absolute Gasteiger partial charge is 0.274 e. The van der Waals surface area contributed by atoms with E-state index < -0.39 is 6.10 Å². The van der Waals surface area contributed by atoms with Gasteiger partial charge in [-0.2, -0.15) is 0 Å². The van der Waals surface area contributed by atoms with E-state index in [-0.39, 0.29) is 23.5 Å². The van der Waals surface area contributed by atoms with Crippen LogP contribution in [0.2, 0.25) is 0 Å². The van der Waals surface area contributed by atoms with Gasteiger partial charge in [0, 0.05) is 19.1 Å². The highest BCUT2D eigenvalue weighted by atomic mass is 16.3. The van der Waals surface area contributed by atoms with Crippen LogP contribution in [-0.2, 0) is 0 Å². The summed E-state index contributed by atoms with van der Waals surface area (Å²) in [7, 11) is 3.88. The lowest BCUT2D eigenvalue weighted by Crippen LogP contribution is -2.41. The van der Waals surface area contributed by atoms with Gasteiger partial charge < -0.3 is 20.6 Å². The molecule has 0 radical (unpaired) electrons. The van der Waals surface area contributed by atoms with E-state index in [9.17, 15) is 9.90 Å². The van der Waals surface area contributed by atoms with Gasteiger partial charge in [0.15, 0.2) is 5.69 Å². The average molecular weight is 265 g/mol. The molecule has 0 bridgehead atoms. The molecule has 7 heteroatoms. The Balaban J connectivity index is 2.14. The van der Waals surface area contributed by atoms with Crippen molar-refractivity contribution in [3.8, 4) is 0 Å². The van der Waals surface area contributed by atoms with E-state index in [4.69, 9.17) is 5.73 Å². The highest BCUT2D eigenvalue weighted by molar-refractivity contribution is 5.92. The van der Waals surface area contributed by atoms with Crippen molar-refractivity contribution in [1.82, 2.24) is 20.0 Å². The fraction of sp³-hybridized carbons (Fsp3) is 0.583. The van der Waals surface area contributed by atoms with Crippen molar-refractivity contribution in [2.24, 2.45) is 0 Å². The second-order valence-electron chi connectivity index (χ2n) is 5.11. The Morgan fingerprint density at radius 1 is 1.53 bits per heavy atom. The molecule has 2 unspecified atom stereocenters. The first-order chi connectivity index (χ1) is 8.97. The summed E-state index contributed by atoms with van der Waals surface area (Å²) in [6.07, 6.45) is 0.113. The zero-order valence-corrected chi connectivity index (χ0v) is 11.2. The Morgan fingerprint density at radius 3 is 2.84 bits per heavy atom. The molecule has 1 amide bonds. The first-order valence-electron chi connectivity index (χ1n) is 6.20. The molecule has 1 saturated heterocycles. The van der Waals surface area contributed by atoms with Gasteiger partial charge in [-0.25, -0.2) is 0 Å². The van der Waals surface area contributed by atoms with Gasteiger partial charge in [-0.1, -0.05) is 0 Å². The number of aliphatic hydroxyl groups is 1. The summed E-state index contributed by atoms with van der Waals surface area (Å²) in [4.78, 5) is 16.0. The maximum atomic E-state index is 12.3. The van der Waals surface area contributed by atoms with E-state index >= 15 is 0 Å². The number of carbonyl (C=O) groups is 1. The number of hydrogen-bond donors (Lipinski definition) is 2. The van der Waals surface area contributed by atoms with Crippen molar-refractivity contribution < 1.29 is 9.90 Å². The molecule has 19 heavy (non-hydrogen) atoms. The van der Waals surface area contributed by atoms with E-state index in [1.807, 2.05) is 19.0 Å². The molecule has 1 aromatic heterocycles. The molecule has 1 aliphatic heterocycles. The minimum Gasteiger partial charge on any atom is -0.391 e. The van der Waals surface area contributed by atoms with Gasteiger partial charge in [0.2, 0.25) is 0 Å². The summed E-state index contributed by atoms with van der Waals surface area (Å²) < 4.78 is 0. The summed E-state index contributed by atoms with van der Waals surface area (Å²) in [5, 5.41) is 17.2. The maximum absolute atomic E-state index is 12.3. The number of anilines is 1. The third-order valence-corrected chi connectivity index (χ3v) is 3.13. The summed E-state index contributed by atoms with van der Waals surface area (Å²) >= 11 is 0. The molecule has 1 fully saturated rings. The second kappa shape index (κ2) is 5.50. The van der Waals surface area contributed by atoms with Crippen LogP contribution in [-0.4, -0.2) is 70.3 Å². The number of likely N-dealkylation sites (tertiary alicyclic amines) is 1. The topological polar surface area (TPSA) is 95.6 Å². The van der Waals surface area contributed by atoms with Crippen LogP contribution >= 0.6 is 0 Å². The Labute approximate surface area is 112 Å². The van der Waals surface area contributed by atoms with Gasteiger partial charge in [-0.15, -0.1) is 10.2 Å². The van der Waals surface area contributed by atoms with Crippen LogP contribution in [0.15, 0.2) is 12.1 Å². The number of aromatic nitrogens is 2. The van der Waals surface area contributed by atoms with Gasteiger partial charge >= 0.3 is 0 Å². The summed E-state index contributed by atoms with van der Waals surface area (Å²) in [6.45, 7) is 1.05. The summed E-state index contributed by atoms with van der Waals surface area (Å²) in [6, 6.07) is 3.10. The van der Waals surface area contributed by atoms with Gasteiger partial charge in [-0.05, 0) is 32.6 Å². The number of nitrogens with two attached hydrogens (primary N) is 1. The van der Waals surface area contributed by atoms with Crippen molar-refractivity contribution in [2.75, 3.05) is 32.9 Å². The van der Waals surface area contributed by atoms with Gasteiger partial charge in [0.1, 0.15) is 5.82 Å². The minimum atomic E-state index is -0.476. The first-order valence-corrected chi connectivity index (χ1v) is 6.20. The molecule has 7 nitrogen and oxygen atoms in total. The summed E-state index contributed by atoms with van der Waals surface area (Å²) in [5.74, 6) is 0.0683. The van der Waals surface area contributed by atoms with E-state index in [2.05, 4.69) is 10.2 Å². The molecule has 2 rings (SSSR count). The number of rotatable bonds is 3. The number of amides is 1. The highest BCUT2D eigenvalue weighted by Gasteiger charge is 2.35. The van der Waals surface area contributed by atoms with Crippen molar-refractivity contribution in [3.63, 3.8) is 0 Å². The van der Waals surface area contributed by atoms with Crippen molar-refractivity contribution in [3.05, 3.63) is 17.8 Å². The largest absolute Gasteiger partial charge is 0.391 e. The zero-order chi connectivity index (χ0) is 14.0. The van der Waals surface area contributed by atoms with Crippen molar-refractivity contribution >= 4 is 11.7 Å². The van der Waals surface area contributed by atoms with Crippen LogP contribution in [0.4, 0.5) is 5.82 Å². The number of hydrogen-bond acceptors (Lipinski definition) is 6. The Kier molecular flexibility index (Phi) is 3.96. The Bertz CT molecular complexity index is 448. The van der Waals surface area contributed by atoms with Crippen LogP contribution in [0.3, 0.4) is 0 Å². The molecule has 0 saturated carbocycles. The van der Waals surface area contributed by atoms with Crippen molar-refractivity contribution in [2.45, 2.75) is 18.6 Å². The predicted octanol–water partition coefficient (Wildman–Crippen LogP) is -0.804. The van der Waals surface area contributed by atoms with Crippen LogP contribution in [0.1, 0.15) is 16.9 Å². The third-order valence-electron chi connectivity index (χ3n) is 3.13. The Morgan fingerprint density at radius 2 is 2.26 bits per heavy atom. The van der Waals surface area contributed by atoms with E-state index in [0.717, 1.165) is 0 Å². The molecule has 3 N–H and O–H groups in total.